The number of hydrogen-bond acceptors (Lipinski definition) is 1. The Morgan fingerprint density at radius 2 is 1.71 bits per heavy atom. The Morgan fingerprint density at radius 1 is 1.14 bits per heavy atom. The molecule has 0 fully saturated rings. The molecule has 0 aromatic heterocycles. The third-order valence-electron chi connectivity index (χ3n) is 2.13. The fourth-order valence-corrected chi connectivity index (χ4v) is 1.12. The summed E-state index contributed by atoms with van der Waals surface area (Å²) < 4.78 is 38.1. The van der Waals surface area contributed by atoms with Crippen molar-refractivity contribution in [2.75, 3.05) is 6.61 Å². The van der Waals surface area contributed by atoms with Crippen molar-refractivity contribution in [1.82, 2.24) is 0 Å². The minimum atomic E-state index is -4.51. The van der Waals surface area contributed by atoms with Crippen LogP contribution in [-0.4, -0.2) is 13.0 Å². The maximum absolute atomic E-state index is 11.5. The summed E-state index contributed by atoms with van der Waals surface area (Å²) >= 11 is 0. The average molecular weight is 210 g/mol. The Hall–Kier alpha value is -0.510. The van der Waals surface area contributed by atoms with Gasteiger partial charge in [-0.2, -0.15) is 0 Å². The molecule has 0 spiro atoms. The largest absolute Gasteiger partial charge is 0.522 e. The maximum atomic E-state index is 11.5. The topological polar surface area (TPSA) is 9.23 Å². The predicted molar refractivity (Wildman–Crippen MR) is 49.8 cm³/mol. The van der Waals surface area contributed by atoms with Crippen molar-refractivity contribution >= 4 is 0 Å². The molecule has 0 aliphatic carbocycles. The molecule has 0 unspecified atom stereocenters. The van der Waals surface area contributed by atoms with Crippen molar-refractivity contribution in [2.45, 2.75) is 39.5 Å². The molecule has 0 amide bonds. The normalized spacial score (nSPS) is 13.0. The number of alkyl halides is 3. The standard InChI is InChI=1S/C10H17F3O/c1-3-9(4-2)7-5-6-8-14-10(11,12)13/h5-6,9H,3-4,7-8H2,1-2H3/b6-5-. The van der Waals surface area contributed by atoms with Crippen molar-refractivity contribution in [3.05, 3.63) is 12.2 Å². The van der Waals surface area contributed by atoms with Crippen LogP contribution in [-0.2, 0) is 4.74 Å². The van der Waals surface area contributed by atoms with Gasteiger partial charge in [0.1, 0.15) is 0 Å². The summed E-state index contributed by atoms with van der Waals surface area (Å²) in [4.78, 5) is 0. The van der Waals surface area contributed by atoms with Gasteiger partial charge in [0, 0.05) is 0 Å². The van der Waals surface area contributed by atoms with Crippen LogP contribution in [0.3, 0.4) is 0 Å². The molecule has 0 aliphatic heterocycles. The molecule has 84 valence electrons. The zero-order chi connectivity index (χ0) is 11.0. The molecular weight excluding hydrogens is 193 g/mol. The first kappa shape index (κ1) is 13.5. The van der Waals surface area contributed by atoms with E-state index in [9.17, 15) is 13.2 Å². The molecule has 0 saturated heterocycles. The molecule has 0 N–H and O–H groups in total. The van der Waals surface area contributed by atoms with Gasteiger partial charge < -0.3 is 0 Å². The van der Waals surface area contributed by atoms with E-state index in [0.717, 1.165) is 19.3 Å². The molecular formula is C10H17F3O. The number of rotatable bonds is 6. The van der Waals surface area contributed by atoms with Gasteiger partial charge in [0.2, 0.25) is 0 Å². The Labute approximate surface area is 82.9 Å². The summed E-state index contributed by atoms with van der Waals surface area (Å²) in [5.41, 5.74) is 0. The van der Waals surface area contributed by atoms with Crippen LogP contribution in [0.15, 0.2) is 12.2 Å². The summed E-state index contributed by atoms with van der Waals surface area (Å²) in [6.07, 6.45) is 1.60. The van der Waals surface area contributed by atoms with E-state index in [-0.39, 0.29) is 6.61 Å². The molecule has 1 nitrogen and oxygen atoms in total. The Balaban J connectivity index is 3.54. The van der Waals surface area contributed by atoms with Crippen LogP contribution >= 0.6 is 0 Å². The molecule has 0 rings (SSSR count). The minimum Gasteiger partial charge on any atom is -0.288 e. The fourth-order valence-electron chi connectivity index (χ4n) is 1.12. The minimum absolute atomic E-state index is 0.385. The molecule has 0 atom stereocenters. The van der Waals surface area contributed by atoms with E-state index in [2.05, 4.69) is 18.6 Å². The van der Waals surface area contributed by atoms with Gasteiger partial charge in [-0.15, -0.1) is 13.2 Å². The Bertz CT molecular complexity index is 159. The highest BCUT2D eigenvalue weighted by Crippen LogP contribution is 2.16. The second-order valence-corrected chi connectivity index (χ2v) is 3.15. The second-order valence-electron chi connectivity index (χ2n) is 3.15. The van der Waals surface area contributed by atoms with E-state index in [1.807, 2.05) is 0 Å². The van der Waals surface area contributed by atoms with Gasteiger partial charge in [-0.3, -0.25) is 4.74 Å². The molecule has 0 aromatic carbocycles. The Kier molecular flexibility index (Phi) is 6.62. The highest BCUT2D eigenvalue weighted by atomic mass is 19.4. The number of allylic oxidation sites excluding steroid dienone is 1. The average Bonchev–Trinajstić information content (AvgIpc) is 2.09. The van der Waals surface area contributed by atoms with Crippen LogP contribution in [0.4, 0.5) is 13.2 Å². The Morgan fingerprint density at radius 3 is 2.14 bits per heavy atom. The third kappa shape index (κ3) is 8.10. The van der Waals surface area contributed by atoms with Crippen LogP contribution in [0, 0.1) is 5.92 Å². The SMILES string of the molecule is CCC(CC)C/C=C\COC(F)(F)F. The van der Waals surface area contributed by atoms with E-state index >= 15 is 0 Å². The van der Waals surface area contributed by atoms with Crippen LogP contribution < -0.4 is 0 Å². The quantitative estimate of drug-likeness (QED) is 0.604. The predicted octanol–water partition coefficient (Wildman–Crippen LogP) is 3.91. The number of hydrogen-bond donors (Lipinski definition) is 0. The van der Waals surface area contributed by atoms with E-state index < -0.39 is 6.36 Å². The number of halogens is 3. The lowest BCUT2D eigenvalue weighted by atomic mass is 9.99. The van der Waals surface area contributed by atoms with Crippen LogP contribution in [0.5, 0.6) is 0 Å². The van der Waals surface area contributed by atoms with E-state index in [0.29, 0.717) is 5.92 Å². The first-order chi connectivity index (χ1) is 6.49. The smallest absolute Gasteiger partial charge is 0.288 e. The highest BCUT2D eigenvalue weighted by molar-refractivity contribution is 4.83. The first-order valence-corrected chi connectivity index (χ1v) is 4.85. The van der Waals surface area contributed by atoms with E-state index in [4.69, 9.17) is 0 Å². The van der Waals surface area contributed by atoms with Crippen molar-refractivity contribution in [1.29, 1.82) is 0 Å². The van der Waals surface area contributed by atoms with Crippen molar-refractivity contribution in [2.24, 2.45) is 5.92 Å². The van der Waals surface area contributed by atoms with Gasteiger partial charge in [-0.1, -0.05) is 38.8 Å². The molecule has 0 radical (unpaired) electrons. The zero-order valence-electron chi connectivity index (χ0n) is 8.60. The van der Waals surface area contributed by atoms with Crippen LogP contribution in [0.1, 0.15) is 33.1 Å². The summed E-state index contributed by atoms with van der Waals surface area (Å²) in [6.45, 7) is 3.77. The van der Waals surface area contributed by atoms with Crippen LogP contribution in [0.25, 0.3) is 0 Å². The van der Waals surface area contributed by atoms with Gasteiger partial charge in [0.15, 0.2) is 0 Å². The zero-order valence-corrected chi connectivity index (χ0v) is 8.60. The van der Waals surface area contributed by atoms with Gasteiger partial charge in [-0.25, -0.2) is 0 Å². The first-order valence-electron chi connectivity index (χ1n) is 4.85. The summed E-state index contributed by atoms with van der Waals surface area (Å²) in [7, 11) is 0. The van der Waals surface area contributed by atoms with Crippen molar-refractivity contribution < 1.29 is 17.9 Å². The molecule has 0 aromatic rings. The summed E-state index contributed by atoms with van der Waals surface area (Å²) in [6, 6.07) is 0. The fraction of sp³-hybridized carbons (Fsp3) is 0.800. The second kappa shape index (κ2) is 6.87. The van der Waals surface area contributed by atoms with Gasteiger partial charge in [0.05, 0.1) is 6.61 Å². The molecule has 0 saturated carbocycles. The van der Waals surface area contributed by atoms with Gasteiger partial charge in [-0.05, 0) is 12.3 Å². The van der Waals surface area contributed by atoms with Crippen LogP contribution in [0.2, 0.25) is 0 Å². The lowest BCUT2D eigenvalue weighted by Crippen LogP contribution is -2.12. The van der Waals surface area contributed by atoms with E-state index in [1.165, 1.54) is 6.08 Å². The van der Waals surface area contributed by atoms with E-state index in [1.54, 1.807) is 6.08 Å². The number of ether oxygens (including phenoxy) is 1. The van der Waals surface area contributed by atoms with Gasteiger partial charge >= 0.3 is 6.36 Å². The molecule has 4 heteroatoms. The molecule has 0 aliphatic rings. The lowest BCUT2D eigenvalue weighted by Gasteiger charge is -2.08. The summed E-state index contributed by atoms with van der Waals surface area (Å²) in [5.74, 6) is 0.567. The molecule has 0 heterocycles. The summed E-state index contributed by atoms with van der Waals surface area (Å²) in [5, 5.41) is 0. The van der Waals surface area contributed by atoms with Gasteiger partial charge in [0.25, 0.3) is 0 Å². The highest BCUT2D eigenvalue weighted by Gasteiger charge is 2.27. The third-order valence-corrected chi connectivity index (χ3v) is 2.13. The molecule has 14 heavy (non-hydrogen) atoms. The lowest BCUT2D eigenvalue weighted by molar-refractivity contribution is -0.319. The maximum Gasteiger partial charge on any atom is 0.522 e. The van der Waals surface area contributed by atoms with Crippen molar-refractivity contribution in [3.63, 3.8) is 0 Å². The molecule has 0 bridgehead atoms. The van der Waals surface area contributed by atoms with Crippen molar-refractivity contribution in [3.8, 4) is 0 Å². The monoisotopic (exact) mass is 210 g/mol.